The van der Waals surface area contributed by atoms with E-state index in [1.165, 1.54) is 51.4 Å². The molecule has 4 aliphatic rings. The lowest BCUT2D eigenvalue weighted by Crippen LogP contribution is -2.54. The highest BCUT2D eigenvalue weighted by atomic mass is 28.4. The van der Waals surface area contributed by atoms with Gasteiger partial charge in [-0.15, -0.1) is 0 Å². The van der Waals surface area contributed by atoms with Gasteiger partial charge in [0, 0.05) is 12.0 Å². The van der Waals surface area contributed by atoms with Crippen molar-refractivity contribution in [3.63, 3.8) is 0 Å². The molecule has 0 bridgehead atoms. The molecule has 0 aromatic heterocycles. The molecule has 0 spiro atoms. The zero-order valence-electron chi connectivity index (χ0n) is 18.6. The van der Waals surface area contributed by atoms with Crippen LogP contribution in [0.2, 0.25) is 19.6 Å². The highest BCUT2D eigenvalue weighted by Crippen LogP contribution is 2.67. The van der Waals surface area contributed by atoms with Crippen molar-refractivity contribution in [2.75, 3.05) is 0 Å². The van der Waals surface area contributed by atoms with Gasteiger partial charge in [-0.05, 0) is 119 Å². The van der Waals surface area contributed by atoms with Gasteiger partial charge in [-0.2, -0.15) is 0 Å². The van der Waals surface area contributed by atoms with Crippen LogP contribution < -0.4 is 0 Å². The van der Waals surface area contributed by atoms with Crippen LogP contribution in [0.3, 0.4) is 0 Å². The molecule has 4 saturated carbocycles. The van der Waals surface area contributed by atoms with E-state index in [9.17, 15) is 4.79 Å². The summed E-state index contributed by atoms with van der Waals surface area (Å²) in [5.41, 5.74) is 0.826. The Morgan fingerprint density at radius 2 is 1.56 bits per heavy atom. The Hall–Kier alpha value is -0.153. The van der Waals surface area contributed by atoms with E-state index in [4.69, 9.17) is 4.43 Å². The molecule has 0 saturated heterocycles. The van der Waals surface area contributed by atoms with E-state index in [1.54, 1.807) is 0 Å². The van der Waals surface area contributed by atoms with Gasteiger partial charge < -0.3 is 4.43 Å². The number of Topliss-reactive ketones (excluding diaryl/α,β-unsaturated/α-hetero) is 1. The second-order valence-corrected chi connectivity index (χ2v) is 16.5. The largest absolute Gasteiger partial charge is 0.415 e. The summed E-state index contributed by atoms with van der Waals surface area (Å²) in [6, 6.07) is 0. The third-order valence-corrected chi connectivity index (χ3v) is 10.7. The highest BCUT2D eigenvalue weighted by Gasteiger charge is 2.60. The topological polar surface area (TPSA) is 26.3 Å². The molecule has 4 rings (SSSR count). The maximum atomic E-state index is 12.3. The average molecular weight is 391 g/mol. The van der Waals surface area contributed by atoms with E-state index in [2.05, 4.69) is 33.5 Å². The Kier molecular flexibility index (Phi) is 4.99. The second kappa shape index (κ2) is 6.69. The Labute approximate surface area is 168 Å². The fourth-order valence-electron chi connectivity index (χ4n) is 8.49. The molecule has 3 heteroatoms. The van der Waals surface area contributed by atoms with Crippen LogP contribution in [0, 0.1) is 40.4 Å². The third-order valence-electron chi connectivity index (χ3n) is 9.63. The van der Waals surface area contributed by atoms with Crippen LogP contribution in [0.1, 0.15) is 78.6 Å². The van der Waals surface area contributed by atoms with Crippen molar-refractivity contribution in [3.8, 4) is 0 Å². The van der Waals surface area contributed by atoms with E-state index in [1.807, 2.05) is 6.92 Å². The standard InChI is InChI=1S/C24H42O2Si/c1-16(25)20-9-10-21-19-8-7-17-15-18(26-27(4,5)6)11-13-23(17,2)22(19)12-14-24(20,21)3/h17-22H,7-15H2,1-6H3/t17-,18+,19-,20+,21-,22-,23-,24+/m0/s1. The molecule has 27 heavy (non-hydrogen) atoms. The van der Waals surface area contributed by atoms with E-state index < -0.39 is 8.32 Å². The molecule has 2 nitrogen and oxygen atoms in total. The van der Waals surface area contributed by atoms with Crippen molar-refractivity contribution in [1.29, 1.82) is 0 Å². The van der Waals surface area contributed by atoms with Gasteiger partial charge >= 0.3 is 0 Å². The van der Waals surface area contributed by atoms with Crippen LogP contribution in [-0.4, -0.2) is 20.2 Å². The first-order valence-electron chi connectivity index (χ1n) is 11.7. The van der Waals surface area contributed by atoms with Gasteiger partial charge in [-0.3, -0.25) is 4.79 Å². The van der Waals surface area contributed by atoms with Crippen molar-refractivity contribution >= 4 is 14.1 Å². The summed E-state index contributed by atoms with van der Waals surface area (Å²) in [7, 11) is -1.44. The van der Waals surface area contributed by atoms with Crippen molar-refractivity contribution in [2.24, 2.45) is 40.4 Å². The Balaban J connectivity index is 1.52. The zero-order chi connectivity index (χ0) is 19.6. The first-order valence-corrected chi connectivity index (χ1v) is 15.1. The van der Waals surface area contributed by atoms with Gasteiger partial charge in [-0.25, -0.2) is 0 Å². The van der Waals surface area contributed by atoms with Gasteiger partial charge in [-0.1, -0.05) is 13.8 Å². The second-order valence-electron chi connectivity index (χ2n) is 12.1. The number of fused-ring (bicyclic) bond motifs is 5. The molecular formula is C24H42O2Si. The van der Waals surface area contributed by atoms with Crippen LogP contribution in [0.5, 0.6) is 0 Å². The number of carbonyl (C=O) groups excluding carboxylic acids is 1. The predicted molar refractivity (Wildman–Crippen MR) is 114 cm³/mol. The summed E-state index contributed by atoms with van der Waals surface area (Å²) in [6.45, 7) is 14.0. The molecule has 0 unspecified atom stereocenters. The smallest absolute Gasteiger partial charge is 0.184 e. The quantitative estimate of drug-likeness (QED) is 0.517. The van der Waals surface area contributed by atoms with E-state index in [0.29, 0.717) is 28.6 Å². The summed E-state index contributed by atoms with van der Waals surface area (Å²) in [6.07, 6.45) is 12.4. The van der Waals surface area contributed by atoms with Crippen LogP contribution in [0.25, 0.3) is 0 Å². The lowest BCUT2D eigenvalue weighted by molar-refractivity contribution is -0.137. The maximum absolute atomic E-state index is 12.3. The molecule has 0 heterocycles. The first kappa shape index (κ1) is 20.1. The summed E-state index contributed by atoms with van der Waals surface area (Å²) in [4.78, 5) is 12.3. The Bertz CT molecular complexity index is 596. The number of hydrogen-bond donors (Lipinski definition) is 0. The van der Waals surface area contributed by atoms with Crippen LogP contribution in [-0.2, 0) is 9.22 Å². The molecule has 0 aromatic rings. The number of ketones is 1. The van der Waals surface area contributed by atoms with Gasteiger partial charge in [0.15, 0.2) is 8.32 Å². The minimum Gasteiger partial charge on any atom is -0.415 e. The van der Waals surface area contributed by atoms with Gasteiger partial charge in [0.25, 0.3) is 0 Å². The molecule has 0 amide bonds. The summed E-state index contributed by atoms with van der Waals surface area (Å²) >= 11 is 0. The molecule has 4 aliphatic carbocycles. The van der Waals surface area contributed by atoms with Gasteiger partial charge in [0.1, 0.15) is 5.78 Å². The summed E-state index contributed by atoms with van der Waals surface area (Å²) < 4.78 is 6.54. The zero-order valence-corrected chi connectivity index (χ0v) is 19.6. The van der Waals surface area contributed by atoms with Crippen LogP contribution in [0.4, 0.5) is 0 Å². The minimum absolute atomic E-state index is 0.300. The minimum atomic E-state index is -1.44. The van der Waals surface area contributed by atoms with Crippen LogP contribution in [0.15, 0.2) is 0 Å². The SMILES string of the molecule is CC(=O)[C@H]1CC[C@H]2[C@@H]3CC[C@H]4C[C@H](O[Si](C)(C)C)CC[C@]4(C)[C@H]3CC[C@]12C. The van der Waals surface area contributed by atoms with Crippen molar-refractivity contribution in [3.05, 3.63) is 0 Å². The molecule has 0 aromatic carbocycles. The van der Waals surface area contributed by atoms with E-state index in [-0.39, 0.29) is 0 Å². The molecular weight excluding hydrogens is 348 g/mol. The van der Waals surface area contributed by atoms with Crippen molar-refractivity contribution in [2.45, 2.75) is 104 Å². The van der Waals surface area contributed by atoms with Gasteiger partial charge in [0.2, 0.25) is 0 Å². The van der Waals surface area contributed by atoms with Crippen molar-refractivity contribution < 1.29 is 9.22 Å². The lowest BCUT2D eigenvalue weighted by atomic mass is 9.44. The number of carbonyl (C=O) groups is 1. The molecule has 8 atom stereocenters. The lowest BCUT2D eigenvalue weighted by Gasteiger charge is -2.61. The fourth-order valence-corrected chi connectivity index (χ4v) is 9.71. The summed E-state index contributed by atoms with van der Waals surface area (Å²) in [5.74, 6) is 4.25. The van der Waals surface area contributed by atoms with Gasteiger partial charge in [0.05, 0.1) is 0 Å². The number of rotatable bonds is 3. The molecule has 4 fully saturated rings. The molecule has 0 N–H and O–H groups in total. The molecule has 154 valence electrons. The van der Waals surface area contributed by atoms with E-state index in [0.717, 1.165) is 30.1 Å². The summed E-state index contributed by atoms with van der Waals surface area (Å²) in [5, 5.41) is 0. The molecule has 0 aliphatic heterocycles. The Morgan fingerprint density at radius 3 is 2.22 bits per heavy atom. The maximum Gasteiger partial charge on any atom is 0.184 e. The monoisotopic (exact) mass is 390 g/mol. The highest BCUT2D eigenvalue weighted by molar-refractivity contribution is 6.69. The Morgan fingerprint density at radius 1 is 0.889 bits per heavy atom. The normalized spacial score (nSPS) is 49.9. The van der Waals surface area contributed by atoms with E-state index >= 15 is 0 Å². The van der Waals surface area contributed by atoms with Crippen molar-refractivity contribution in [1.82, 2.24) is 0 Å². The average Bonchev–Trinajstić information content (AvgIpc) is 2.91. The predicted octanol–water partition coefficient (Wildman–Crippen LogP) is 6.45. The number of hydrogen-bond acceptors (Lipinski definition) is 2. The third kappa shape index (κ3) is 3.29. The molecule has 0 radical (unpaired) electrons. The first-order chi connectivity index (χ1) is 12.5. The fraction of sp³-hybridized carbons (Fsp3) is 0.958. The van der Waals surface area contributed by atoms with Crippen LogP contribution >= 0.6 is 0 Å².